The summed E-state index contributed by atoms with van der Waals surface area (Å²) in [5.74, 6) is 1.05. The van der Waals surface area contributed by atoms with Gasteiger partial charge < -0.3 is 9.73 Å². The van der Waals surface area contributed by atoms with Crippen LogP contribution in [0.2, 0.25) is 0 Å². The van der Waals surface area contributed by atoms with Crippen molar-refractivity contribution >= 4 is 11.7 Å². The molecule has 2 aliphatic rings. The van der Waals surface area contributed by atoms with Gasteiger partial charge in [-0.3, -0.25) is 4.90 Å². The highest BCUT2D eigenvalue weighted by molar-refractivity contribution is 5.81. The normalized spacial score (nSPS) is 17.0. The van der Waals surface area contributed by atoms with E-state index in [1.54, 1.807) is 7.05 Å². The van der Waals surface area contributed by atoms with Crippen molar-refractivity contribution < 1.29 is 9.21 Å². The van der Waals surface area contributed by atoms with Gasteiger partial charge in [0.1, 0.15) is 5.70 Å². The zero-order chi connectivity index (χ0) is 15.1. The average Bonchev–Trinajstić information content (AvgIpc) is 3.18. The summed E-state index contributed by atoms with van der Waals surface area (Å²) in [5, 5.41) is 20.0. The van der Waals surface area contributed by atoms with Gasteiger partial charge in [-0.05, 0) is 12.1 Å². The van der Waals surface area contributed by atoms with E-state index in [4.69, 9.17) is 4.42 Å². The van der Waals surface area contributed by atoms with E-state index in [-0.39, 0.29) is 18.6 Å². The van der Waals surface area contributed by atoms with Crippen LogP contribution >= 0.6 is 0 Å². The van der Waals surface area contributed by atoms with E-state index in [1.165, 1.54) is 4.90 Å². The van der Waals surface area contributed by atoms with Gasteiger partial charge in [-0.2, -0.15) is 5.01 Å². The van der Waals surface area contributed by atoms with Crippen molar-refractivity contribution in [2.75, 3.05) is 13.7 Å². The molecule has 0 unspecified atom stereocenters. The molecule has 0 spiro atoms. The summed E-state index contributed by atoms with van der Waals surface area (Å²) in [7, 11) is 1.54. The molecule has 0 saturated carbocycles. The van der Waals surface area contributed by atoms with Gasteiger partial charge in [-0.25, -0.2) is 4.79 Å². The van der Waals surface area contributed by atoms with Crippen molar-refractivity contribution in [1.82, 2.24) is 25.4 Å². The fourth-order valence-electron chi connectivity index (χ4n) is 2.22. The van der Waals surface area contributed by atoms with Gasteiger partial charge in [-0.1, -0.05) is 23.4 Å². The molecular weight excluding hydrogens is 286 g/mol. The lowest BCUT2D eigenvalue weighted by molar-refractivity contribution is 0.165. The molecule has 2 amide bonds. The second-order valence-electron chi connectivity index (χ2n) is 4.74. The molecule has 9 heteroatoms. The molecular formula is C13H11N7O2. The lowest BCUT2D eigenvalue weighted by Crippen LogP contribution is -2.40. The lowest BCUT2D eigenvalue weighted by atomic mass is 10.2. The molecule has 0 radical (unpaired) electrons. The smallest absolute Gasteiger partial charge is 0.348 e. The molecule has 1 aromatic carbocycles. The number of nitrogens with zero attached hydrogens (tertiary/aromatic N) is 6. The van der Waals surface area contributed by atoms with Crippen molar-refractivity contribution in [3.63, 3.8) is 0 Å². The maximum absolute atomic E-state index is 12.0. The van der Waals surface area contributed by atoms with Crippen LogP contribution < -0.4 is 5.32 Å². The number of hydrogen-bond donors (Lipinski definition) is 1. The van der Waals surface area contributed by atoms with Crippen LogP contribution in [-0.2, 0) is 0 Å². The number of carbonyl (C=O) groups is 1. The Morgan fingerprint density at radius 3 is 2.77 bits per heavy atom. The third kappa shape index (κ3) is 1.83. The predicted octanol–water partition coefficient (Wildman–Crippen LogP) is 1.66. The minimum absolute atomic E-state index is 0.268. The number of carbonyl (C=O) groups excluding carboxylic acids is 1. The number of amides is 2. The summed E-state index contributed by atoms with van der Waals surface area (Å²) in [6.45, 7) is 0.288. The first kappa shape index (κ1) is 12.5. The van der Waals surface area contributed by atoms with Crippen molar-refractivity contribution in [2.24, 2.45) is 10.3 Å². The number of urea groups is 1. The largest absolute Gasteiger partial charge is 0.415 e. The number of nitrogens with one attached hydrogen (secondary N) is 1. The number of hydrogen-bond acceptors (Lipinski definition) is 7. The molecule has 2 aliphatic heterocycles. The van der Waals surface area contributed by atoms with Crippen LogP contribution in [-0.4, -0.2) is 39.9 Å². The van der Waals surface area contributed by atoms with Crippen LogP contribution in [0.25, 0.3) is 17.2 Å². The SMILES string of the molecule is CN1N=NC2=C(c3nnc(-c4ccccc4)o3)NCN2C1=O. The van der Waals surface area contributed by atoms with Crippen LogP contribution in [0.15, 0.2) is 50.9 Å². The minimum atomic E-state index is -0.268. The fraction of sp³-hybridized carbons (Fsp3) is 0.154. The Hall–Kier alpha value is -3.23. The molecule has 9 nitrogen and oxygen atoms in total. The van der Waals surface area contributed by atoms with Crippen molar-refractivity contribution in [1.29, 1.82) is 0 Å². The summed E-state index contributed by atoms with van der Waals surface area (Å²) < 4.78 is 5.67. The number of rotatable bonds is 2. The van der Waals surface area contributed by atoms with Crippen LogP contribution in [0.3, 0.4) is 0 Å². The van der Waals surface area contributed by atoms with Gasteiger partial charge >= 0.3 is 6.03 Å². The number of fused-ring (bicyclic) bond motifs is 1. The van der Waals surface area contributed by atoms with Gasteiger partial charge in [-0.15, -0.1) is 15.3 Å². The van der Waals surface area contributed by atoms with E-state index in [9.17, 15) is 4.79 Å². The Morgan fingerprint density at radius 1 is 1.18 bits per heavy atom. The van der Waals surface area contributed by atoms with E-state index < -0.39 is 0 Å². The number of benzene rings is 1. The van der Waals surface area contributed by atoms with Crippen LogP contribution in [0, 0.1) is 0 Å². The zero-order valence-corrected chi connectivity index (χ0v) is 11.6. The van der Waals surface area contributed by atoms with E-state index >= 15 is 0 Å². The quantitative estimate of drug-likeness (QED) is 0.908. The monoisotopic (exact) mass is 297 g/mol. The Labute approximate surface area is 124 Å². The van der Waals surface area contributed by atoms with E-state index in [0.717, 1.165) is 10.6 Å². The predicted molar refractivity (Wildman–Crippen MR) is 74.5 cm³/mol. The molecule has 0 fully saturated rings. The first-order valence-corrected chi connectivity index (χ1v) is 6.58. The summed E-state index contributed by atoms with van der Waals surface area (Å²) in [5.41, 5.74) is 1.32. The van der Waals surface area contributed by atoms with Crippen LogP contribution in [0.1, 0.15) is 5.89 Å². The lowest BCUT2D eigenvalue weighted by Gasteiger charge is -2.23. The second kappa shape index (κ2) is 4.65. The molecule has 22 heavy (non-hydrogen) atoms. The standard InChI is InChI=1S/C13H11N7O2/c1-19-13(21)20-7-14-9(10(20)15-18-19)12-17-16-11(22-12)8-5-3-2-4-6-8/h2-6,14H,7H2,1H3. The third-order valence-electron chi connectivity index (χ3n) is 3.33. The van der Waals surface area contributed by atoms with Crippen molar-refractivity contribution in [3.8, 4) is 11.5 Å². The molecule has 2 aromatic rings. The highest BCUT2D eigenvalue weighted by Crippen LogP contribution is 2.29. The molecule has 0 bridgehead atoms. The molecule has 1 N–H and O–H groups in total. The Morgan fingerprint density at radius 2 is 1.95 bits per heavy atom. The maximum atomic E-state index is 12.0. The molecule has 110 valence electrons. The third-order valence-corrected chi connectivity index (χ3v) is 3.33. The fourth-order valence-corrected chi connectivity index (χ4v) is 2.22. The van der Waals surface area contributed by atoms with Gasteiger partial charge in [0.05, 0.1) is 6.67 Å². The Bertz CT molecular complexity index is 796. The average molecular weight is 297 g/mol. The summed E-state index contributed by atoms with van der Waals surface area (Å²) >= 11 is 0. The van der Waals surface area contributed by atoms with Crippen molar-refractivity contribution in [3.05, 3.63) is 42.0 Å². The molecule has 0 saturated heterocycles. The summed E-state index contributed by atoms with van der Waals surface area (Å²) in [6.07, 6.45) is 0. The van der Waals surface area contributed by atoms with E-state index in [0.29, 0.717) is 17.4 Å². The summed E-state index contributed by atoms with van der Waals surface area (Å²) in [6, 6.07) is 9.17. The highest BCUT2D eigenvalue weighted by atomic mass is 16.4. The molecule has 0 aliphatic carbocycles. The van der Waals surface area contributed by atoms with Gasteiger partial charge in [0.25, 0.3) is 5.89 Å². The van der Waals surface area contributed by atoms with Gasteiger partial charge in [0, 0.05) is 12.6 Å². The maximum Gasteiger partial charge on any atom is 0.348 e. The molecule has 3 heterocycles. The molecule has 0 atom stereocenters. The first-order valence-electron chi connectivity index (χ1n) is 6.58. The molecule has 1 aromatic heterocycles. The zero-order valence-electron chi connectivity index (χ0n) is 11.6. The van der Waals surface area contributed by atoms with Crippen molar-refractivity contribution in [2.45, 2.75) is 0 Å². The van der Waals surface area contributed by atoms with Crippen LogP contribution in [0.4, 0.5) is 4.79 Å². The topological polar surface area (TPSA) is 99.2 Å². The number of aromatic nitrogens is 2. The van der Waals surface area contributed by atoms with Crippen LogP contribution in [0.5, 0.6) is 0 Å². The van der Waals surface area contributed by atoms with Gasteiger partial charge in [0.15, 0.2) is 5.82 Å². The first-order chi connectivity index (χ1) is 10.7. The highest BCUT2D eigenvalue weighted by Gasteiger charge is 2.35. The van der Waals surface area contributed by atoms with Gasteiger partial charge in [0.2, 0.25) is 5.89 Å². The summed E-state index contributed by atoms with van der Waals surface area (Å²) in [4.78, 5) is 13.4. The van der Waals surface area contributed by atoms with E-state index in [1.807, 2.05) is 30.3 Å². The Balaban J connectivity index is 1.73. The second-order valence-corrected chi connectivity index (χ2v) is 4.74. The molecule has 4 rings (SSSR count). The van der Waals surface area contributed by atoms with E-state index in [2.05, 4.69) is 25.9 Å². The Kier molecular flexibility index (Phi) is 2.65. The minimum Gasteiger partial charge on any atom is -0.415 e.